The van der Waals surface area contributed by atoms with Crippen molar-refractivity contribution in [3.63, 3.8) is 0 Å². The lowest BCUT2D eigenvalue weighted by Gasteiger charge is -2.33. The minimum atomic E-state index is -0.923. The Balaban J connectivity index is 1.53. The van der Waals surface area contributed by atoms with E-state index in [9.17, 15) is 13.6 Å². The van der Waals surface area contributed by atoms with Gasteiger partial charge in [0.25, 0.3) is 0 Å². The highest BCUT2D eigenvalue weighted by Crippen LogP contribution is 2.37. The zero-order valence-corrected chi connectivity index (χ0v) is 21.6. The van der Waals surface area contributed by atoms with E-state index in [1.54, 1.807) is 17.0 Å². The van der Waals surface area contributed by atoms with Crippen LogP contribution in [0.1, 0.15) is 12.8 Å². The summed E-state index contributed by atoms with van der Waals surface area (Å²) in [6, 6.07) is 5.74. The lowest BCUT2D eigenvalue weighted by atomic mass is 10.1. The third kappa shape index (κ3) is 5.91. The van der Waals surface area contributed by atoms with Crippen LogP contribution < -0.4 is 14.8 Å². The van der Waals surface area contributed by atoms with E-state index in [2.05, 4.69) is 21.9 Å². The number of piperidine rings is 1. The van der Waals surface area contributed by atoms with E-state index >= 15 is 0 Å². The molecule has 0 spiro atoms. The monoisotopic (exact) mass is 531 g/mol. The van der Waals surface area contributed by atoms with Gasteiger partial charge < -0.3 is 24.6 Å². The summed E-state index contributed by atoms with van der Waals surface area (Å²) < 4.78 is 39.9. The SMILES string of the molecule is C=C(CN(C)C)C(=O)N1CCC(Oc2cc3c(Nc4ccc(F)c(Cl)c4F)ncnc3cc2OC)CC1. The fourth-order valence-corrected chi connectivity index (χ4v) is 4.36. The van der Waals surface area contributed by atoms with Gasteiger partial charge in [0.1, 0.15) is 29.1 Å². The fraction of sp³-hybridized carbons (Fsp3) is 0.346. The molecule has 37 heavy (non-hydrogen) atoms. The largest absolute Gasteiger partial charge is 0.493 e. The molecule has 1 N–H and O–H groups in total. The predicted octanol–water partition coefficient (Wildman–Crippen LogP) is 4.80. The molecule has 0 unspecified atom stereocenters. The van der Waals surface area contributed by atoms with Gasteiger partial charge in [-0.05, 0) is 32.3 Å². The van der Waals surface area contributed by atoms with Crippen LogP contribution in [0.4, 0.5) is 20.3 Å². The van der Waals surface area contributed by atoms with Crippen molar-refractivity contribution in [2.45, 2.75) is 18.9 Å². The standard InChI is InChI=1S/C26H28ClF2N5O3/c1-15(13-33(2)3)26(35)34-9-7-16(8-10-34)37-22-11-17-20(12-21(22)36-4)30-14-31-25(17)32-19-6-5-18(28)23(27)24(19)29/h5-6,11-12,14,16H,1,7-10,13H2,2-4H3,(H,30,31,32). The number of anilines is 2. The van der Waals surface area contributed by atoms with Gasteiger partial charge in [0.05, 0.1) is 18.3 Å². The minimum Gasteiger partial charge on any atom is -0.493 e. The number of methoxy groups -OCH3 is 1. The number of halogens is 3. The number of hydrogen-bond acceptors (Lipinski definition) is 7. The zero-order valence-electron chi connectivity index (χ0n) is 20.9. The van der Waals surface area contributed by atoms with Gasteiger partial charge in [0.15, 0.2) is 17.3 Å². The molecule has 1 saturated heterocycles. The van der Waals surface area contributed by atoms with Gasteiger partial charge in [0.2, 0.25) is 5.91 Å². The van der Waals surface area contributed by atoms with Crippen molar-refractivity contribution < 1.29 is 23.0 Å². The number of benzene rings is 2. The molecule has 0 bridgehead atoms. The highest BCUT2D eigenvalue weighted by atomic mass is 35.5. The van der Waals surface area contributed by atoms with Crippen LogP contribution in [0.25, 0.3) is 10.9 Å². The van der Waals surface area contributed by atoms with Crippen LogP contribution in [-0.4, -0.2) is 72.6 Å². The normalized spacial score (nSPS) is 14.2. The number of fused-ring (bicyclic) bond motifs is 1. The minimum absolute atomic E-state index is 0.0300. The molecule has 1 aliphatic rings. The zero-order chi connectivity index (χ0) is 26.7. The molecule has 196 valence electrons. The first-order valence-electron chi connectivity index (χ1n) is 11.7. The van der Waals surface area contributed by atoms with E-state index < -0.39 is 16.7 Å². The lowest BCUT2D eigenvalue weighted by molar-refractivity contribution is -0.129. The van der Waals surface area contributed by atoms with Crippen molar-refractivity contribution >= 4 is 39.9 Å². The molecule has 0 radical (unpaired) electrons. The summed E-state index contributed by atoms with van der Waals surface area (Å²) >= 11 is 5.72. The van der Waals surface area contributed by atoms with Crippen molar-refractivity contribution in [1.29, 1.82) is 0 Å². The van der Waals surface area contributed by atoms with Crippen molar-refractivity contribution in [1.82, 2.24) is 19.8 Å². The van der Waals surface area contributed by atoms with Crippen molar-refractivity contribution in [3.05, 3.63) is 59.4 Å². The molecule has 1 fully saturated rings. The van der Waals surface area contributed by atoms with Crippen LogP contribution in [0.2, 0.25) is 5.02 Å². The van der Waals surface area contributed by atoms with Gasteiger partial charge in [-0.15, -0.1) is 0 Å². The molecule has 1 amide bonds. The van der Waals surface area contributed by atoms with Gasteiger partial charge in [-0.2, -0.15) is 0 Å². The average Bonchev–Trinajstić information content (AvgIpc) is 2.88. The Labute approximate surface area is 218 Å². The fourth-order valence-electron chi connectivity index (χ4n) is 4.19. The summed E-state index contributed by atoms with van der Waals surface area (Å²) in [6.07, 6.45) is 2.45. The molecule has 11 heteroatoms. The maximum Gasteiger partial charge on any atom is 0.250 e. The molecule has 8 nitrogen and oxygen atoms in total. The first kappa shape index (κ1) is 26.6. The number of likely N-dealkylation sites (tertiary alicyclic amines) is 1. The summed E-state index contributed by atoms with van der Waals surface area (Å²) in [4.78, 5) is 24.9. The van der Waals surface area contributed by atoms with E-state index in [1.165, 1.54) is 19.5 Å². The highest BCUT2D eigenvalue weighted by Gasteiger charge is 2.26. The molecule has 0 saturated carbocycles. The summed E-state index contributed by atoms with van der Waals surface area (Å²) in [5.74, 6) is -0.589. The van der Waals surface area contributed by atoms with Crippen LogP contribution in [-0.2, 0) is 4.79 Å². The van der Waals surface area contributed by atoms with Crippen LogP contribution in [0, 0.1) is 11.6 Å². The number of ether oxygens (including phenoxy) is 2. The predicted molar refractivity (Wildman–Crippen MR) is 139 cm³/mol. The number of carbonyl (C=O) groups excluding carboxylic acids is 1. The number of likely N-dealkylation sites (N-methyl/N-ethyl adjacent to an activating group) is 1. The Morgan fingerprint density at radius 1 is 1.22 bits per heavy atom. The third-order valence-corrected chi connectivity index (χ3v) is 6.39. The number of hydrogen-bond donors (Lipinski definition) is 1. The van der Waals surface area contributed by atoms with Gasteiger partial charge >= 0.3 is 0 Å². The van der Waals surface area contributed by atoms with Crippen LogP contribution in [0.5, 0.6) is 11.5 Å². The van der Waals surface area contributed by atoms with E-state index in [1.807, 2.05) is 19.0 Å². The quantitative estimate of drug-likeness (QED) is 0.330. The second-order valence-electron chi connectivity index (χ2n) is 9.04. The topological polar surface area (TPSA) is 79.8 Å². The summed E-state index contributed by atoms with van der Waals surface area (Å²) in [5.41, 5.74) is 1.06. The molecule has 3 aromatic rings. The highest BCUT2D eigenvalue weighted by molar-refractivity contribution is 6.31. The second-order valence-corrected chi connectivity index (χ2v) is 9.42. The van der Waals surface area contributed by atoms with E-state index in [0.29, 0.717) is 66.3 Å². The van der Waals surface area contributed by atoms with Gasteiger partial charge in [-0.25, -0.2) is 18.7 Å². The van der Waals surface area contributed by atoms with Crippen molar-refractivity contribution in [2.75, 3.05) is 46.2 Å². The lowest BCUT2D eigenvalue weighted by Crippen LogP contribution is -2.43. The molecule has 1 aliphatic heterocycles. The smallest absolute Gasteiger partial charge is 0.250 e. The van der Waals surface area contributed by atoms with Gasteiger partial charge in [-0.3, -0.25) is 4.79 Å². The van der Waals surface area contributed by atoms with E-state index in [-0.39, 0.29) is 17.7 Å². The van der Waals surface area contributed by atoms with E-state index in [4.69, 9.17) is 21.1 Å². The average molecular weight is 532 g/mol. The Bertz CT molecular complexity index is 1330. The number of amides is 1. The first-order chi connectivity index (χ1) is 17.7. The Morgan fingerprint density at radius 3 is 2.62 bits per heavy atom. The Kier molecular flexibility index (Phi) is 8.09. The maximum atomic E-state index is 14.5. The number of carbonyl (C=O) groups is 1. The molecular formula is C26H28ClF2N5O3. The number of rotatable bonds is 8. The first-order valence-corrected chi connectivity index (χ1v) is 12.1. The summed E-state index contributed by atoms with van der Waals surface area (Å²) in [6.45, 7) is 5.52. The molecule has 0 atom stereocenters. The number of nitrogens with zero attached hydrogens (tertiary/aromatic N) is 4. The van der Waals surface area contributed by atoms with Crippen molar-refractivity contribution in [3.8, 4) is 11.5 Å². The van der Waals surface area contributed by atoms with E-state index in [0.717, 1.165) is 6.07 Å². The molecule has 4 rings (SSSR count). The number of aromatic nitrogens is 2. The molecule has 1 aromatic heterocycles. The van der Waals surface area contributed by atoms with Gasteiger partial charge in [0, 0.05) is 49.5 Å². The Hall–Kier alpha value is -3.50. The maximum absolute atomic E-state index is 14.5. The van der Waals surface area contributed by atoms with Crippen molar-refractivity contribution in [2.24, 2.45) is 0 Å². The Morgan fingerprint density at radius 2 is 1.95 bits per heavy atom. The summed E-state index contributed by atoms with van der Waals surface area (Å²) in [7, 11) is 5.32. The molecule has 2 aromatic carbocycles. The molecular weight excluding hydrogens is 504 g/mol. The van der Waals surface area contributed by atoms with Crippen LogP contribution in [0.15, 0.2) is 42.7 Å². The summed E-state index contributed by atoms with van der Waals surface area (Å²) in [5, 5.41) is 2.80. The third-order valence-electron chi connectivity index (χ3n) is 6.04. The van der Waals surface area contributed by atoms with Gasteiger partial charge in [-0.1, -0.05) is 18.2 Å². The van der Waals surface area contributed by atoms with Crippen LogP contribution in [0.3, 0.4) is 0 Å². The molecule has 2 heterocycles. The second kappa shape index (κ2) is 11.3. The van der Waals surface area contributed by atoms with Crippen LogP contribution >= 0.6 is 11.6 Å². The number of nitrogens with one attached hydrogen (secondary N) is 1. The molecule has 0 aliphatic carbocycles.